The minimum Gasteiger partial charge on any atom is -0.308 e. The number of halogens is 1. The second-order valence-electron chi connectivity index (χ2n) is 8.04. The Morgan fingerprint density at radius 1 is 0.917 bits per heavy atom. The molecule has 3 heterocycles. The largest absolute Gasteiger partial charge is 0.323 e. The lowest BCUT2D eigenvalue weighted by Gasteiger charge is -2.09. The number of sulfone groups is 1. The Morgan fingerprint density at radius 3 is 2.53 bits per heavy atom. The molecular weight excluding hydrogens is 483 g/mol. The summed E-state index contributed by atoms with van der Waals surface area (Å²) in [5, 5.41) is 13.0. The number of amides is 2. The first kappa shape index (κ1) is 23.1. The molecule has 0 saturated carbocycles. The van der Waals surface area contributed by atoms with Crippen molar-refractivity contribution in [1.29, 1.82) is 0 Å². The Labute approximate surface area is 205 Å². The van der Waals surface area contributed by atoms with Gasteiger partial charge in [-0.25, -0.2) is 22.6 Å². The standard InChI is InChI=1S/C25H19FN6O3S/c1-36(34,35)21-6-2-4-15(10-21)17-11-22-23(31-32-24(22)28-13-17)16-8-18(26)12-20(9-16)30-25(33)29-19-5-3-7-27-14-19/h2-14H,1H3,(H,28,31,32)(H2,29,30,33). The van der Waals surface area contributed by atoms with Crippen molar-refractivity contribution in [2.24, 2.45) is 0 Å². The molecular formula is C25H19FN6O3S. The van der Waals surface area contributed by atoms with Gasteiger partial charge in [-0.3, -0.25) is 10.1 Å². The summed E-state index contributed by atoms with van der Waals surface area (Å²) in [6, 6.07) is 15.2. The van der Waals surface area contributed by atoms with Crippen LogP contribution in [0.25, 0.3) is 33.4 Å². The van der Waals surface area contributed by atoms with Gasteiger partial charge < -0.3 is 10.6 Å². The molecule has 5 aromatic rings. The molecule has 0 atom stereocenters. The number of aromatic amines is 1. The number of pyridine rings is 2. The fraction of sp³-hybridized carbons (Fsp3) is 0.0400. The summed E-state index contributed by atoms with van der Waals surface area (Å²) in [6.45, 7) is 0. The summed E-state index contributed by atoms with van der Waals surface area (Å²) in [6.07, 6.45) is 5.82. The monoisotopic (exact) mass is 502 g/mol. The van der Waals surface area contributed by atoms with E-state index in [0.29, 0.717) is 39.1 Å². The minimum absolute atomic E-state index is 0.193. The van der Waals surface area contributed by atoms with E-state index in [1.165, 1.54) is 24.4 Å². The summed E-state index contributed by atoms with van der Waals surface area (Å²) < 4.78 is 38.4. The predicted octanol–water partition coefficient (Wildman–Crippen LogP) is 4.87. The molecule has 0 spiro atoms. The number of carbonyl (C=O) groups is 1. The van der Waals surface area contributed by atoms with E-state index in [4.69, 9.17) is 0 Å². The summed E-state index contributed by atoms with van der Waals surface area (Å²) in [4.78, 5) is 20.9. The smallest absolute Gasteiger partial charge is 0.308 e. The van der Waals surface area contributed by atoms with E-state index in [1.54, 1.807) is 54.9 Å². The normalized spacial score (nSPS) is 11.4. The number of hydrogen-bond donors (Lipinski definition) is 3. The molecule has 9 nitrogen and oxygen atoms in total. The second-order valence-corrected chi connectivity index (χ2v) is 10.1. The van der Waals surface area contributed by atoms with Crippen molar-refractivity contribution in [2.45, 2.75) is 4.90 Å². The molecule has 36 heavy (non-hydrogen) atoms. The Balaban J connectivity index is 1.49. The number of nitrogens with one attached hydrogen (secondary N) is 3. The number of H-pyrrole nitrogens is 1. The predicted molar refractivity (Wildman–Crippen MR) is 135 cm³/mol. The number of carbonyl (C=O) groups excluding carboxylic acids is 1. The van der Waals surface area contributed by atoms with Gasteiger partial charge in [0.2, 0.25) is 0 Å². The van der Waals surface area contributed by atoms with Gasteiger partial charge in [-0.15, -0.1) is 0 Å². The van der Waals surface area contributed by atoms with E-state index >= 15 is 0 Å². The van der Waals surface area contributed by atoms with Gasteiger partial charge in [0, 0.05) is 40.8 Å². The molecule has 0 aliphatic heterocycles. The van der Waals surface area contributed by atoms with Crippen LogP contribution in [0.4, 0.5) is 20.6 Å². The molecule has 0 aliphatic rings. The van der Waals surface area contributed by atoms with E-state index < -0.39 is 21.7 Å². The molecule has 5 rings (SSSR count). The number of rotatable bonds is 5. The van der Waals surface area contributed by atoms with Crippen LogP contribution < -0.4 is 10.6 Å². The highest BCUT2D eigenvalue weighted by Gasteiger charge is 2.15. The number of nitrogens with zero attached hydrogens (tertiary/aromatic N) is 3. The molecule has 3 N–H and O–H groups in total. The van der Waals surface area contributed by atoms with E-state index in [9.17, 15) is 17.6 Å². The molecule has 0 fully saturated rings. The van der Waals surface area contributed by atoms with Crippen LogP contribution in [0.15, 0.2) is 84.1 Å². The molecule has 0 bridgehead atoms. The number of fused-ring (bicyclic) bond motifs is 1. The quantitative estimate of drug-likeness (QED) is 0.314. The van der Waals surface area contributed by atoms with Crippen molar-refractivity contribution >= 4 is 38.3 Å². The molecule has 0 aliphatic carbocycles. The highest BCUT2D eigenvalue weighted by molar-refractivity contribution is 7.90. The number of urea groups is 1. The van der Waals surface area contributed by atoms with Gasteiger partial charge in [-0.2, -0.15) is 5.10 Å². The minimum atomic E-state index is -3.38. The third kappa shape index (κ3) is 4.91. The van der Waals surface area contributed by atoms with E-state index in [1.807, 2.05) is 0 Å². The summed E-state index contributed by atoms with van der Waals surface area (Å²) in [5.74, 6) is -0.565. The van der Waals surface area contributed by atoms with Crippen molar-refractivity contribution in [3.63, 3.8) is 0 Å². The Kier molecular flexibility index (Phi) is 5.90. The number of benzene rings is 2. The third-order valence-corrected chi connectivity index (χ3v) is 6.47. The summed E-state index contributed by atoms with van der Waals surface area (Å²) in [5.41, 5.74) is 3.36. The van der Waals surface area contributed by atoms with Gasteiger partial charge in [0.15, 0.2) is 15.5 Å². The lowest BCUT2D eigenvalue weighted by Crippen LogP contribution is -2.19. The van der Waals surface area contributed by atoms with Crippen LogP contribution in [0.1, 0.15) is 0 Å². The van der Waals surface area contributed by atoms with Crippen molar-refractivity contribution in [1.82, 2.24) is 20.2 Å². The molecule has 0 radical (unpaired) electrons. The molecule has 11 heteroatoms. The van der Waals surface area contributed by atoms with Crippen molar-refractivity contribution in [3.05, 3.63) is 85.1 Å². The molecule has 2 aromatic carbocycles. The van der Waals surface area contributed by atoms with Crippen LogP contribution in [0, 0.1) is 5.82 Å². The maximum atomic E-state index is 14.5. The van der Waals surface area contributed by atoms with Gasteiger partial charge in [-0.05, 0) is 54.1 Å². The number of aromatic nitrogens is 4. The van der Waals surface area contributed by atoms with E-state index in [2.05, 4.69) is 30.8 Å². The van der Waals surface area contributed by atoms with Crippen molar-refractivity contribution < 1.29 is 17.6 Å². The van der Waals surface area contributed by atoms with Crippen LogP contribution in [0.5, 0.6) is 0 Å². The lowest BCUT2D eigenvalue weighted by atomic mass is 10.0. The van der Waals surface area contributed by atoms with Gasteiger partial charge >= 0.3 is 6.03 Å². The van der Waals surface area contributed by atoms with Crippen LogP contribution in [0.3, 0.4) is 0 Å². The maximum Gasteiger partial charge on any atom is 0.323 e. The van der Waals surface area contributed by atoms with Gasteiger partial charge in [-0.1, -0.05) is 12.1 Å². The van der Waals surface area contributed by atoms with Gasteiger partial charge in [0.25, 0.3) is 0 Å². The zero-order valence-corrected chi connectivity index (χ0v) is 19.7. The lowest BCUT2D eigenvalue weighted by molar-refractivity contribution is 0.262. The number of hydrogen-bond acceptors (Lipinski definition) is 6. The molecule has 0 saturated heterocycles. The summed E-state index contributed by atoms with van der Waals surface area (Å²) >= 11 is 0. The van der Waals surface area contributed by atoms with Gasteiger partial charge in [0.1, 0.15) is 11.5 Å². The SMILES string of the molecule is CS(=O)(=O)c1cccc(-c2cnc3[nH]nc(-c4cc(F)cc(NC(=O)Nc5cccnc5)c4)c3c2)c1. The first-order valence-corrected chi connectivity index (χ1v) is 12.6. The Morgan fingerprint density at radius 2 is 1.75 bits per heavy atom. The highest BCUT2D eigenvalue weighted by Crippen LogP contribution is 2.31. The van der Waals surface area contributed by atoms with E-state index in [0.717, 1.165) is 6.26 Å². The Hall–Kier alpha value is -4.64. The first-order valence-electron chi connectivity index (χ1n) is 10.7. The fourth-order valence-corrected chi connectivity index (χ4v) is 4.38. The zero-order chi connectivity index (χ0) is 25.3. The van der Waals surface area contributed by atoms with Crippen LogP contribution in [0.2, 0.25) is 0 Å². The average Bonchev–Trinajstić information content (AvgIpc) is 3.27. The van der Waals surface area contributed by atoms with Crippen LogP contribution in [-0.4, -0.2) is 40.9 Å². The highest BCUT2D eigenvalue weighted by atomic mass is 32.2. The summed E-state index contributed by atoms with van der Waals surface area (Å²) in [7, 11) is -3.38. The average molecular weight is 503 g/mol. The molecule has 2 amide bonds. The molecule has 0 unspecified atom stereocenters. The Bertz CT molecular complexity index is 1700. The molecule has 3 aromatic heterocycles. The second kappa shape index (κ2) is 9.19. The first-order chi connectivity index (χ1) is 17.3. The van der Waals surface area contributed by atoms with Crippen LogP contribution in [-0.2, 0) is 9.84 Å². The van der Waals surface area contributed by atoms with Gasteiger partial charge in [0.05, 0.1) is 16.8 Å². The maximum absolute atomic E-state index is 14.5. The third-order valence-electron chi connectivity index (χ3n) is 5.36. The number of anilines is 2. The van der Waals surface area contributed by atoms with Crippen LogP contribution >= 0.6 is 0 Å². The van der Waals surface area contributed by atoms with Crippen molar-refractivity contribution in [3.8, 4) is 22.4 Å². The molecule has 180 valence electrons. The topological polar surface area (TPSA) is 130 Å². The zero-order valence-electron chi connectivity index (χ0n) is 18.9. The fourth-order valence-electron chi connectivity index (χ4n) is 3.72. The van der Waals surface area contributed by atoms with Crippen molar-refractivity contribution in [2.75, 3.05) is 16.9 Å². The van der Waals surface area contributed by atoms with E-state index in [-0.39, 0.29) is 10.6 Å².